The van der Waals surface area contributed by atoms with Crippen molar-refractivity contribution in [1.29, 1.82) is 0 Å². The van der Waals surface area contributed by atoms with Gasteiger partial charge in [0.1, 0.15) is 13.2 Å². The Bertz CT molecular complexity index is 875. The van der Waals surface area contributed by atoms with Crippen LogP contribution in [0.15, 0.2) is 61.4 Å². The van der Waals surface area contributed by atoms with Gasteiger partial charge in [0.25, 0.3) is 0 Å². The zero-order valence-electron chi connectivity index (χ0n) is 20.8. The Morgan fingerprint density at radius 2 is 1.25 bits per heavy atom. The largest absolute Gasteiger partial charge is 0.499 e. The van der Waals surface area contributed by atoms with E-state index in [0.29, 0.717) is 79.0 Å². The van der Waals surface area contributed by atoms with Gasteiger partial charge in [0.2, 0.25) is 0 Å². The van der Waals surface area contributed by atoms with E-state index in [1.54, 1.807) is 0 Å². The molecule has 0 spiro atoms. The molecule has 0 atom stereocenters. The summed E-state index contributed by atoms with van der Waals surface area (Å²) in [6, 6.07) is 16.6. The summed E-state index contributed by atoms with van der Waals surface area (Å²) in [5.41, 5.74) is 4.83. The molecule has 1 amide bonds. The summed E-state index contributed by atoms with van der Waals surface area (Å²) in [7, 11) is 0. The molecule has 0 saturated heterocycles. The molecule has 0 aliphatic heterocycles. The Kier molecular flexibility index (Phi) is 12.8. The number of hydrogen-bond donors (Lipinski definition) is 1. The van der Waals surface area contributed by atoms with Crippen molar-refractivity contribution in [2.75, 3.05) is 72.6 Å². The molecule has 1 N–H and O–H groups in total. The molecule has 2 aromatic carbocycles. The average molecular weight is 500 g/mol. The molecular weight excluding hydrogens is 462 g/mol. The normalized spacial score (nSPS) is 12.1. The third-order valence-electron chi connectivity index (χ3n) is 5.66. The van der Waals surface area contributed by atoms with Gasteiger partial charge >= 0.3 is 6.09 Å². The lowest BCUT2D eigenvalue weighted by molar-refractivity contribution is -0.00624. The molecule has 36 heavy (non-hydrogen) atoms. The number of alkyl carbamates (subject to hydrolysis) is 1. The van der Waals surface area contributed by atoms with E-state index in [4.69, 9.17) is 28.4 Å². The highest BCUT2D eigenvalue weighted by Gasteiger charge is 2.28. The monoisotopic (exact) mass is 499 g/mol. The summed E-state index contributed by atoms with van der Waals surface area (Å²) in [6.07, 6.45) is 1.69. The van der Waals surface area contributed by atoms with E-state index in [9.17, 15) is 4.79 Å². The SMILES string of the molecule is C=COCCOCCOCCOCCOCCCNC(=O)OCC1c2ccccc2-c2ccccc21. The summed E-state index contributed by atoms with van der Waals surface area (Å²) >= 11 is 0. The summed E-state index contributed by atoms with van der Waals surface area (Å²) < 4.78 is 32.2. The number of carbonyl (C=O) groups excluding carboxylic acids is 1. The molecule has 2 aromatic rings. The highest BCUT2D eigenvalue weighted by molar-refractivity contribution is 5.79. The zero-order valence-corrected chi connectivity index (χ0v) is 20.8. The third-order valence-corrected chi connectivity index (χ3v) is 5.66. The van der Waals surface area contributed by atoms with Gasteiger partial charge in [0, 0.05) is 19.1 Å². The average Bonchev–Trinajstić information content (AvgIpc) is 3.23. The van der Waals surface area contributed by atoms with Crippen LogP contribution in [0.1, 0.15) is 23.5 Å². The molecule has 0 aromatic heterocycles. The van der Waals surface area contributed by atoms with Crippen LogP contribution in [-0.2, 0) is 28.4 Å². The van der Waals surface area contributed by atoms with Crippen LogP contribution in [0.25, 0.3) is 11.1 Å². The van der Waals surface area contributed by atoms with Gasteiger partial charge < -0.3 is 33.7 Å². The molecule has 0 radical (unpaired) electrons. The van der Waals surface area contributed by atoms with Crippen LogP contribution in [-0.4, -0.2) is 78.7 Å². The van der Waals surface area contributed by atoms with Gasteiger partial charge in [0.05, 0.1) is 52.5 Å². The first-order chi connectivity index (χ1) is 17.8. The molecular formula is C28H37NO7. The maximum atomic E-state index is 12.2. The highest BCUT2D eigenvalue weighted by atomic mass is 16.6. The van der Waals surface area contributed by atoms with Crippen LogP contribution >= 0.6 is 0 Å². The van der Waals surface area contributed by atoms with Crippen LogP contribution in [0.2, 0.25) is 0 Å². The topological polar surface area (TPSA) is 84.5 Å². The Balaban J connectivity index is 1.14. The molecule has 0 heterocycles. The molecule has 1 aliphatic carbocycles. The van der Waals surface area contributed by atoms with Crippen LogP contribution in [0.3, 0.4) is 0 Å². The molecule has 196 valence electrons. The van der Waals surface area contributed by atoms with Crippen molar-refractivity contribution in [3.8, 4) is 11.1 Å². The number of rotatable bonds is 19. The minimum atomic E-state index is -0.407. The van der Waals surface area contributed by atoms with Gasteiger partial charge in [-0.1, -0.05) is 55.1 Å². The van der Waals surface area contributed by atoms with Crippen molar-refractivity contribution in [2.45, 2.75) is 12.3 Å². The zero-order chi connectivity index (χ0) is 25.3. The number of amides is 1. The first kappa shape index (κ1) is 27.7. The molecule has 0 unspecified atom stereocenters. The summed E-state index contributed by atoms with van der Waals surface area (Å²) in [5.74, 6) is 0.0627. The number of benzene rings is 2. The van der Waals surface area contributed by atoms with Crippen LogP contribution in [0, 0.1) is 0 Å². The third kappa shape index (κ3) is 9.28. The van der Waals surface area contributed by atoms with Crippen molar-refractivity contribution in [3.63, 3.8) is 0 Å². The fraction of sp³-hybridized carbons (Fsp3) is 0.464. The quantitative estimate of drug-likeness (QED) is 0.230. The van der Waals surface area contributed by atoms with Gasteiger partial charge in [-0.2, -0.15) is 0 Å². The maximum Gasteiger partial charge on any atom is 0.407 e. The lowest BCUT2D eigenvalue weighted by Crippen LogP contribution is -2.27. The van der Waals surface area contributed by atoms with Gasteiger partial charge in [0.15, 0.2) is 0 Å². The predicted molar refractivity (Wildman–Crippen MR) is 137 cm³/mol. The van der Waals surface area contributed by atoms with Crippen molar-refractivity contribution in [2.24, 2.45) is 0 Å². The maximum absolute atomic E-state index is 12.2. The van der Waals surface area contributed by atoms with Crippen LogP contribution < -0.4 is 5.32 Å². The second-order valence-electron chi connectivity index (χ2n) is 8.09. The van der Waals surface area contributed by atoms with Crippen LogP contribution in [0.5, 0.6) is 0 Å². The van der Waals surface area contributed by atoms with E-state index >= 15 is 0 Å². The lowest BCUT2D eigenvalue weighted by atomic mass is 9.98. The lowest BCUT2D eigenvalue weighted by Gasteiger charge is -2.14. The number of hydrogen-bond acceptors (Lipinski definition) is 7. The molecule has 8 nitrogen and oxygen atoms in total. The van der Waals surface area contributed by atoms with E-state index in [2.05, 4.69) is 36.2 Å². The van der Waals surface area contributed by atoms with E-state index < -0.39 is 6.09 Å². The fourth-order valence-electron chi connectivity index (χ4n) is 3.97. The van der Waals surface area contributed by atoms with Crippen molar-refractivity contribution in [1.82, 2.24) is 5.32 Å². The van der Waals surface area contributed by atoms with E-state index in [-0.39, 0.29) is 5.92 Å². The predicted octanol–water partition coefficient (Wildman–Crippen LogP) is 4.14. The van der Waals surface area contributed by atoms with Crippen molar-refractivity contribution in [3.05, 3.63) is 72.5 Å². The van der Waals surface area contributed by atoms with Crippen molar-refractivity contribution >= 4 is 6.09 Å². The van der Waals surface area contributed by atoms with Gasteiger partial charge in [-0.05, 0) is 28.7 Å². The summed E-state index contributed by atoms with van der Waals surface area (Å²) in [5, 5.41) is 2.79. The molecule has 0 fully saturated rings. The Labute approximate surface area is 213 Å². The molecule has 1 aliphatic rings. The smallest absolute Gasteiger partial charge is 0.407 e. The highest BCUT2D eigenvalue weighted by Crippen LogP contribution is 2.44. The van der Waals surface area contributed by atoms with E-state index in [0.717, 1.165) is 0 Å². The summed E-state index contributed by atoms with van der Waals surface area (Å²) in [4.78, 5) is 12.2. The Hall–Kier alpha value is -2.91. The van der Waals surface area contributed by atoms with Gasteiger partial charge in [-0.15, -0.1) is 0 Å². The Morgan fingerprint density at radius 1 is 0.750 bits per heavy atom. The first-order valence-electron chi connectivity index (χ1n) is 12.4. The van der Waals surface area contributed by atoms with Gasteiger partial charge in [-0.3, -0.25) is 0 Å². The second kappa shape index (κ2) is 16.7. The standard InChI is InChI=1S/C28H37NO7/c1-2-31-14-15-33-18-19-35-21-20-34-17-16-32-13-7-12-29-28(30)36-22-27-25-10-5-3-8-23(25)24-9-4-6-11-26(24)27/h2-6,8-11,27H,1,7,12-22H2,(H,29,30). The van der Waals surface area contributed by atoms with Gasteiger partial charge in [-0.25, -0.2) is 4.79 Å². The minimum Gasteiger partial charge on any atom is -0.499 e. The molecule has 0 saturated carbocycles. The number of carbonyl (C=O) groups is 1. The summed E-state index contributed by atoms with van der Waals surface area (Å²) in [6.45, 7) is 8.87. The van der Waals surface area contributed by atoms with Crippen molar-refractivity contribution < 1.29 is 33.2 Å². The second-order valence-corrected chi connectivity index (χ2v) is 8.09. The minimum absolute atomic E-state index is 0.0627. The molecule has 0 bridgehead atoms. The van der Waals surface area contributed by atoms with E-state index in [1.165, 1.54) is 28.5 Å². The Morgan fingerprint density at radius 3 is 1.81 bits per heavy atom. The molecule has 3 rings (SSSR count). The first-order valence-corrected chi connectivity index (χ1v) is 12.4. The fourth-order valence-corrected chi connectivity index (χ4v) is 3.97. The number of ether oxygens (including phenoxy) is 6. The molecule has 8 heteroatoms. The number of fused-ring (bicyclic) bond motifs is 3. The van der Waals surface area contributed by atoms with Crippen LogP contribution in [0.4, 0.5) is 4.79 Å². The number of nitrogens with one attached hydrogen (secondary N) is 1. The van der Waals surface area contributed by atoms with E-state index in [1.807, 2.05) is 24.3 Å².